The SMILES string of the molecule is O=S(=O)(Nc1cccnc1Cl)c1ccc(Cl)cc1F. The summed E-state index contributed by atoms with van der Waals surface area (Å²) in [5, 5.41) is 0.0799. The van der Waals surface area contributed by atoms with Crippen molar-refractivity contribution >= 4 is 38.9 Å². The van der Waals surface area contributed by atoms with Gasteiger partial charge >= 0.3 is 0 Å². The molecule has 0 saturated carbocycles. The van der Waals surface area contributed by atoms with E-state index in [0.717, 1.165) is 12.1 Å². The van der Waals surface area contributed by atoms with Gasteiger partial charge < -0.3 is 0 Å². The molecule has 2 aromatic rings. The summed E-state index contributed by atoms with van der Waals surface area (Å²) in [6, 6.07) is 6.19. The summed E-state index contributed by atoms with van der Waals surface area (Å²) in [4.78, 5) is 3.20. The summed E-state index contributed by atoms with van der Waals surface area (Å²) in [5.74, 6) is -0.944. The third-order valence-electron chi connectivity index (χ3n) is 2.19. The van der Waals surface area contributed by atoms with Gasteiger partial charge in [0.1, 0.15) is 10.7 Å². The number of halogens is 3. The minimum Gasteiger partial charge on any atom is -0.276 e. The Hall–Kier alpha value is -1.37. The number of sulfonamides is 1. The van der Waals surface area contributed by atoms with Crippen molar-refractivity contribution in [2.75, 3.05) is 4.72 Å². The molecule has 2 rings (SSSR count). The van der Waals surface area contributed by atoms with Crippen molar-refractivity contribution in [3.8, 4) is 0 Å². The van der Waals surface area contributed by atoms with Crippen molar-refractivity contribution in [2.45, 2.75) is 4.90 Å². The minimum absolute atomic E-state index is 0.0274. The van der Waals surface area contributed by atoms with Gasteiger partial charge in [0.05, 0.1) is 5.69 Å². The van der Waals surface area contributed by atoms with E-state index in [1.165, 1.54) is 24.4 Å². The Morgan fingerprint density at radius 3 is 2.58 bits per heavy atom. The third kappa shape index (κ3) is 3.15. The maximum atomic E-state index is 13.6. The molecule has 4 nitrogen and oxygen atoms in total. The standard InChI is InChI=1S/C11H7Cl2FN2O2S/c12-7-3-4-10(8(14)6-7)19(17,18)16-9-2-1-5-15-11(9)13/h1-6,16H. The Kier molecular flexibility index (Phi) is 3.93. The lowest BCUT2D eigenvalue weighted by atomic mass is 10.3. The average molecular weight is 321 g/mol. The fourth-order valence-corrected chi connectivity index (χ4v) is 2.86. The van der Waals surface area contributed by atoms with E-state index >= 15 is 0 Å². The van der Waals surface area contributed by atoms with Gasteiger partial charge in [0.2, 0.25) is 0 Å². The van der Waals surface area contributed by atoms with Crippen molar-refractivity contribution in [2.24, 2.45) is 0 Å². The molecule has 0 atom stereocenters. The molecule has 0 bridgehead atoms. The molecule has 0 spiro atoms. The third-order valence-corrected chi connectivity index (χ3v) is 4.12. The largest absolute Gasteiger partial charge is 0.276 e. The molecule has 0 aliphatic carbocycles. The van der Waals surface area contributed by atoms with E-state index in [9.17, 15) is 12.8 Å². The number of rotatable bonds is 3. The summed E-state index contributed by atoms with van der Waals surface area (Å²) < 4.78 is 39.8. The van der Waals surface area contributed by atoms with E-state index in [2.05, 4.69) is 9.71 Å². The number of benzene rings is 1. The van der Waals surface area contributed by atoms with E-state index in [0.29, 0.717) is 0 Å². The topological polar surface area (TPSA) is 59.1 Å². The zero-order valence-corrected chi connectivity index (χ0v) is 11.6. The van der Waals surface area contributed by atoms with Crippen LogP contribution in [0.4, 0.5) is 10.1 Å². The molecular formula is C11H7Cl2FN2O2S. The van der Waals surface area contributed by atoms with E-state index in [4.69, 9.17) is 23.2 Å². The maximum absolute atomic E-state index is 13.6. The van der Waals surface area contributed by atoms with Crippen LogP contribution < -0.4 is 4.72 Å². The van der Waals surface area contributed by atoms with Gasteiger partial charge in [-0.2, -0.15) is 0 Å². The van der Waals surface area contributed by atoms with Crippen LogP contribution in [0.1, 0.15) is 0 Å². The number of pyridine rings is 1. The predicted octanol–water partition coefficient (Wildman–Crippen LogP) is 3.33. The summed E-state index contributed by atoms with van der Waals surface area (Å²) in [6.07, 6.45) is 1.41. The highest BCUT2D eigenvalue weighted by molar-refractivity contribution is 7.92. The number of aromatic nitrogens is 1. The van der Waals surface area contributed by atoms with Crippen molar-refractivity contribution in [1.29, 1.82) is 0 Å². The van der Waals surface area contributed by atoms with Gasteiger partial charge in [-0.05, 0) is 30.3 Å². The van der Waals surface area contributed by atoms with E-state index in [1.54, 1.807) is 0 Å². The monoisotopic (exact) mass is 320 g/mol. The Morgan fingerprint density at radius 2 is 1.95 bits per heavy atom. The van der Waals surface area contributed by atoms with Crippen LogP contribution in [-0.4, -0.2) is 13.4 Å². The molecule has 0 aliphatic rings. The van der Waals surface area contributed by atoms with Crippen LogP contribution in [0.15, 0.2) is 41.4 Å². The highest BCUT2D eigenvalue weighted by atomic mass is 35.5. The fraction of sp³-hybridized carbons (Fsp3) is 0. The molecule has 1 aromatic carbocycles. The summed E-state index contributed by atoms with van der Waals surface area (Å²) in [7, 11) is -4.09. The van der Waals surface area contributed by atoms with Crippen molar-refractivity contribution in [3.05, 3.63) is 52.5 Å². The summed E-state index contributed by atoms with van der Waals surface area (Å²) in [6.45, 7) is 0. The molecule has 1 aromatic heterocycles. The van der Waals surface area contributed by atoms with Crippen molar-refractivity contribution in [3.63, 3.8) is 0 Å². The van der Waals surface area contributed by atoms with Crippen LogP contribution >= 0.6 is 23.2 Å². The Labute approximate surface area is 119 Å². The van der Waals surface area contributed by atoms with Crippen LogP contribution in [0.2, 0.25) is 10.2 Å². The predicted molar refractivity (Wildman–Crippen MR) is 71.5 cm³/mol. The quantitative estimate of drug-likeness (QED) is 0.882. The van der Waals surface area contributed by atoms with Gasteiger partial charge in [0, 0.05) is 11.2 Å². The average Bonchev–Trinajstić information content (AvgIpc) is 2.31. The van der Waals surface area contributed by atoms with Crippen LogP contribution in [0, 0.1) is 5.82 Å². The molecule has 0 fully saturated rings. The first-order chi connectivity index (χ1) is 8.90. The number of hydrogen-bond donors (Lipinski definition) is 1. The molecule has 0 aliphatic heterocycles. The second-order valence-corrected chi connectivity index (χ2v) is 5.97. The number of nitrogens with zero attached hydrogens (tertiary/aromatic N) is 1. The number of hydrogen-bond acceptors (Lipinski definition) is 3. The first kappa shape index (κ1) is 14.0. The molecule has 0 radical (unpaired) electrons. The van der Waals surface area contributed by atoms with Crippen LogP contribution in [0.3, 0.4) is 0 Å². The normalized spacial score (nSPS) is 11.3. The Balaban J connectivity index is 2.41. The summed E-state index contributed by atoms with van der Waals surface area (Å²) >= 11 is 11.3. The lowest BCUT2D eigenvalue weighted by Crippen LogP contribution is -2.15. The zero-order valence-electron chi connectivity index (χ0n) is 9.27. The first-order valence-electron chi connectivity index (χ1n) is 4.98. The van der Waals surface area contributed by atoms with Crippen LogP contribution in [-0.2, 0) is 10.0 Å². The van der Waals surface area contributed by atoms with Gasteiger partial charge in [-0.25, -0.2) is 17.8 Å². The lowest BCUT2D eigenvalue weighted by Gasteiger charge is -2.09. The van der Waals surface area contributed by atoms with Crippen molar-refractivity contribution < 1.29 is 12.8 Å². The molecule has 1 N–H and O–H groups in total. The van der Waals surface area contributed by atoms with Gasteiger partial charge in [-0.3, -0.25) is 4.72 Å². The van der Waals surface area contributed by atoms with Gasteiger partial charge in [-0.1, -0.05) is 23.2 Å². The van der Waals surface area contributed by atoms with Crippen LogP contribution in [0.25, 0.3) is 0 Å². The Bertz CT molecular complexity index is 722. The zero-order chi connectivity index (χ0) is 14.0. The molecule has 100 valence electrons. The van der Waals surface area contributed by atoms with Gasteiger partial charge in [0.25, 0.3) is 10.0 Å². The molecule has 19 heavy (non-hydrogen) atoms. The first-order valence-corrected chi connectivity index (χ1v) is 7.22. The lowest BCUT2D eigenvalue weighted by molar-refractivity contribution is 0.570. The van der Waals surface area contributed by atoms with E-state index in [1.807, 2.05) is 0 Å². The van der Waals surface area contributed by atoms with Crippen molar-refractivity contribution in [1.82, 2.24) is 4.98 Å². The maximum Gasteiger partial charge on any atom is 0.264 e. The fourth-order valence-electron chi connectivity index (χ4n) is 1.36. The molecule has 1 heterocycles. The van der Waals surface area contributed by atoms with Crippen LogP contribution in [0.5, 0.6) is 0 Å². The molecule has 0 unspecified atom stereocenters. The number of nitrogens with one attached hydrogen (secondary N) is 1. The molecule has 0 amide bonds. The van der Waals surface area contributed by atoms with Gasteiger partial charge in [-0.15, -0.1) is 0 Å². The smallest absolute Gasteiger partial charge is 0.264 e. The van der Waals surface area contributed by atoms with E-state index < -0.39 is 20.7 Å². The highest BCUT2D eigenvalue weighted by Gasteiger charge is 2.20. The second-order valence-electron chi connectivity index (χ2n) is 3.52. The molecular weight excluding hydrogens is 314 g/mol. The molecule has 0 saturated heterocycles. The van der Waals surface area contributed by atoms with Gasteiger partial charge in [0.15, 0.2) is 5.15 Å². The highest BCUT2D eigenvalue weighted by Crippen LogP contribution is 2.24. The number of anilines is 1. The molecule has 8 heteroatoms. The van der Waals surface area contributed by atoms with E-state index in [-0.39, 0.29) is 15.9 Å². The summed E-state index contributed by atoms with van der Waals surface area (Å²) in [5.41, 5.74) is 0.0681. The second kappa shape index (κ2) is 5.32. The Morgan fingerprint density at radius 1 is 1.21 bits per heavy atom. The minimum atomic E-state index is -4.09.